The van der Waals surface area contributed by atoms with E-state index >= 15 is 0 Å². The minimum atomic E-state index is -1.14. The fraction of sp³-hybridized carbons (Fsp3) is 0. The molecule has 1 aromatic heterocycles. The van der Waals surface area contributed by atoms with Crippen molar-refractivity contribution in [2.75, 3.05) is 0 Å². The number of benzene rings is 2. The van der Waals surface area contributed by atoms with E-state index in [1.807, 2.05) is 0 Å². The number of carboxylic acids is 1. The molecule has 0 aliphatic heterocycles. The normalized spacial score (nSPS) is 10.9. The first-order valence-corrected chi connectivity index (χ1v) is 8.04. The van der Waals surface area contributed by atoms with Crippen LogP contribution in [0.2, 0.25) is 5.02 Å². The number of halogens is 2. The van der Waals surface area contributed by atoms with Crippen LogP contribution in [-0.4, -0.2) is 23.2 Å². The van der Waals surface area contributed by atoms with Crippen LogP contribution < -0.4 is 5.43 Å². The van der Waals surface area contributed by atoms with Crippen molar-refractivity contribution in [2.24, 2.45) is 5.10 Å². The van der Waals surface area contributed by atoms with Gasteiger partial charge in [0.1, 0.15) is 17.3 Å². The van der Waals surface area contributed by atoms with Crippen LogP contribution in [-0.2, 0) is 0 Å². The number of hydrazone groups is 1. The minimum absolute atomic E-state index is 0.0349. The zero-order chi connectivity index (χ0) is 19.4. The van der Waals surface area contributed by atoms with Gasteiger partial charge in [0.2, 0.25) is 0 Å². The number of carbonyl (C=O) groups excluding carboxylic acids is 1. The van der Waals surface area contributed by atoms with Crippen molar-refractivity contribution in [3.8, 4) is 11.3 Å². The molecule has 1 heterocycles. The van der Waals surface area contributed by atoms with Gasteiger partial charge in [0.15, 0.2) is 0 Å². The smallest absolute Gasteiger partial charge is 0.337 e. The number of furan rings is 1. The quantitative estimate of drug-likeness (QED) is 0.507. The number of hydrogen-bond donors (Lipinski definition) is 2. The predicted molar refractivity (Wildman–Crippen MR) is 97.6 cm³/mol. The van der Waals surface area contributed by atoms with Gasteiger partial charge in [0, 0.05) is 11.1 Å². The number of carbonyl (C=O) groups is 2. The van der Waals surface area contributed by atoms with Crippen LogP contribution in [0.5, 0.6) is 0 Å². The molecule has 0 radical (unpaired) electrons. The maximum Gasteiger partial charge on any atom is 0.337 e. The zero-order valence-corrected chi connectivity index (χ0v) is 14.4. The highest BCUT2D eigenvalue weighted by atomic mass is 35.5. The lowest BCUT2D eigenvalue weighted by atomic mass is 10.1. The summed E-state index contributed by atoms with van der Waals surface area (Å²) in [6, 6.07) is 12.8. The number of amides is 1. The molecule has 0 atom stereocenters. The third-order valence-corrected chi connectivity index (χ3v) is 3.90. The van der Waals surface area contributed by atoms with E-state index < -0.39 is 17.7 Å². The molecule has 0 spiro atoms. The topological polar surface area (TPSA) is 91.9 Å². The van der Waals surface area contributed by atoms with Crippen LogP contribution in [0, 0.1) is 5.82 Å². The van der Waals surface area contributed by atoms with Crippen LogP contribution in [0.4, 0.5) is 4.39 Å². The lowest BCUT2D eigenvalue weighted by Gasteiger charge is -2.02. The second-order valence-corrected chi connectivity index (χ2v) is 5.82. The molecule has 8 heteroatoms. The van der Waals surface area contributed by atoms with Gasteiger partial charge in [0.25, 0.3) is 5.91 Å². The molecule has 0 bridgehead atoms. The standard InChI is InChI=1S/C19H12ClFN2O4/c20-16-7-3-12(9-15(16)19(25)26)17-8-6-14(27-17)10-22-23-18(24)11-1-4-13(21)5-2-11/h1-10H,(H,23,24)(H,25,26)/b22-10-. The lowest BCUT2D eigenvalue weighted by molar-refractivity contribution is 0.0697. The van der Waals surface area contributed by atoms with Crippen molar-refractivity contribution < 1.29 is 23.5 Å². The Kier molecular flexibility index (Phi) is 5.33. The van der Waals surface area contributed by atoms with Crippen LogP contribution in [0.25, 0.3) is 11.3 Å². The Morgan fingerprint density at radius 2 is 1.85 bits per heavy atom. The van der Waals surface area contributed by atoms with E-state index in [-0.39, 0.29) is 16.1 Å². The number of aromatic carboxylic acids is 1. The molecule has 0 fully saturated rings. The highest BCUT2D eigenvalue weighted by Crippen LogP contribution is 2.26. The average molecular weight is 387 g/mol. The highest BCUT2D eigenvalue weighted by molar-refractivity contribution is 6.33. The van der Waals surface area contributed by atoms with Crippen LogP contribution >= 0.6 is 11.6 Å². The Morgan fingerprint density at radius 3 is 2.56 bits per heavy atom. The summed E-state index contributed by atoms with van der Waals surface area (Å²) < 4.78 is 18.4. The van der Waals surface area contributed by atoms with Crippen molar-refractivity contribution in [1.82, 2.24) is 5.43 Å². The molecule has 2 aromatic carbocycles. The van der Waals surface area contributed by atoms with Gasteiger partial charge in [0.05, 0.1) is 16.8 Å². The number of hydrogen-bond acceptors (Lipinski definition) is 4. The number of rotatable bonds is 5. The molecular weight excluding hydrogens is 375 g/mol. The van der Waals surface area contributed by atoms with Gasteiger partial charge in [-0.25, -0.2) is 14.6 Å². The molecule has 1 amide bonds. The molecule has 2 N–H and O–H groups in total. The van der Waals surface area contributed by atoms with Crippen molar-refractivity contribution >= 4 is 29.7 Å². The summed E-state index contributed by atoms with van der Waals surface area (Å²) in [4.78, 5) is 23.0. The van der Waals surface area contributed by atoms with E-state index in [4.69, 9.17) is 21.1 Å². The summed E-state index contributed by atoms with van der Waals surface area (Å²) in [5.74, 6) is -1.32. The molecule has 27 heavy (non-hydrogen) atoms. The van der Waals surface area contributed by atoms with Gasteiger partial charge in [-0.1, -0.05) is 11.6 Å². The first-order valence-electron chi connectivity index (χ1n) is 7.66. The second kappa shape index (κ2) is 7.84. The van der Waals surface area contributed by atoms with Crippen LogP contribution in [0.3, 0.4) is 0 Å². The molecule has 3 rings (SSSR count). The summed E-state index contributed by atoms with van der Waals surface area (Å²) in [6.45, 7) is 0. The maximum absolute atomic E-state index is 12.8. The van der Waals surface area contributed by atoms with Gasteiger partial charge in [-0.2, -0.15) is 5.10 Å². The summed E-state index contributed by atoms with van der Waals surface area (Å²) in [6.07, 6.45) is 1.29. The van der Waals surface area contributed by atoms with Crippen LogP contribution in [0.15, 0.2) is 64.1 Å². The van der Waals surface area contributed by atoms with Gasteiger partial charge in [-0.3, -0.25) is 4.79 Å². The lowest BCUT2D eigenvalue weighted by Crippen LogP contribution is -2.17. The number of carboxylic acid groups (broad SMARTS) is 1. The van der Waals surface area contributed by atoms with E-state index in [0.717, 1.165) is 0 Å². The molecule has 0 unspecified atom stereocenters. The maximum atomic E-state index is 12.8. The minimum Gasteiger partial charge on any atom is -0.478 e. The third-order valence-electron chi connectivity index (χ3n) is 3.57. The monoisotopic (exact) mass is 386 g/mol. The highest BCUT2D eigenvalue weighted by Gasteiger charge is 2.12. The van der Waals surface area contributed by atoms with Crippen molar-refractivity contribution in [3.63, 3.8) is 0 Å². The first kappa shape index (κ1) is 18.3. The van der Waals surface area contributed by atoms with Crippen molar-refractivity contribution in [1.29, 1.82) is 0 Å². The molecule has 0 saturated heterocycles. The average Bonchev–Trinajstić information content (AvgIpc) is 3.11. The predicted octanol–water partition coefficient (Wildman–Crippen LogP) is 4.20. The van der Waals surface area contributed by atoms with E-state index in [2.05, 4.69) is 10.5 Å². The number of nitrogens with one attached hydrogen (secondary N) is 1. The summed E-state index contributed by atoms with van der Waals surface area (Å²) >= 11 is 5.85. The second-order valence-electron chi connectivity index (χ2n) is 5.41. The first-order chi connectivity index (χ1) is 12.9. The van der Waals surface area contributed by atoms with Gasteiger partial charge >= 0.3 is 5.97 Å². The Bertz CT molecular complexity index is 1030. The fourth-order valence-corrected chi connectivity index (χ4v) is 2.44. The summed E-state index contributed by atoms with van der Waals surface area (Å²) in [5.41, 5.74) is 3.06. The van der Waals surface area contributed by atoms with E-state index in [1.165, 1.54) is 42.6 Å². The molecule has 0 aliphatic carbocycles. The molecule has 0 aliphatic rings. The van der Waals surface area contributed by atoms with Gasteiger partial charge in [-0.05, 0) is 54.6 Å². The SMILES string of the molecule is O=C(N/N=C\c1ccc(-c2ccc(Cl)c(C(=O)O)c2)o1)c1ccc(F)cc1. The summed E-state index contributed by atoms with van der Waals surface area (Å²) in [5, 5.41) is 13.0. The Balaban J connectivity index is 1.70. The summed E-state index contributed by atoms with van der Waals surface area (Å²) in [7, 11) is 0. The van der Waals surface area contributed by atoms with E-state index in [9.17, 15) is 14.0 Å². The van der Waals surface area contributed by atoms with E-state index in [0.29, 0.717) is 17.1 Å². The molecule has 6 nitrogen and oxygen atoms in total. The largest absolute Gasteiger partial charge is 0.478 e. The Hall–Kier alpha value is -3.45. The number of nitrogens with zero attached hydrogens (tertiary/aromatic N) is 1. The van der Waals surface area contributed by atoms with Gasteiger partial charge in [-0.15, -0.1) is 0 Å². The van der Waals surface area contributed by atoms with Crippen molar-refractivity contribution in [3.05, 3.63) is 82.3 Å². The zero-order valence-electron chi connectivity index (χ0n) is 13.6. The Morgan fingerprint density at radius 1 is 1.11 bits per heavy atom. The molecule has 136 valence electrons. The molecule has 0 saturated carbocycles. The van der Waals surface area contributed by atoms with Crippen LogP contribution in [0.1, 0.15) is 26.5 Å². The molecule has 3 aromatic rings. The fourth-order valence-electron chi connectivity index (χ4n) is 2.24. The third kappa shape index (κ3) is 4.39. The van der Waals surface area contributed by atoms with Gasteiger partial charge < -0.3 is 9.52 Å². The molecular formula is C19H12ClFN2O4. The van der Waals surface area contributed by atoms with E-state index in [1.54, 1.807) is 18.2 Å². The van der Waals surface area contributed by atoms with Crippen molar-refractivity contribution in [2.45, 2.75) is 0 Å². The Labute approximate surface area is 157 Å².